The first-order valence-corrected chi connectivity index (χ1v) is 3.72. The highest BCUT2D eigenvalue weighted by atomic mass is 16.8. The molecule has 1 unspecified atom stereocenters. The number of rotatable bonds is 3. The van der Waals surface area contributed by atoms with E-state index in [4.69, 9.17) is 5.73 Å². The maximum atomic E-state index is 10.6. The highest BCUT2D eigenvalue weighted by Gasteiger charge is 2.15. The van der Waals surface area contributed by atoms with E-state index >= 15 is 0 Å². The van der Waals surface area contributed by atoms with Crippen molar-refractivity contribution >= 4 is 6.16 Å². The molecule has 71 valence electrons. The Morgan fingerprint density at radius 1 is 1.25 bits per heavy atom. The maximum absolute atomic E-state index is 10.6. The van der Waals surface area contributed by atoms with E-state index in [-0.39, 0.29) is 5.92 Å². The Morgan fingerprint density at radius 2 is 1.75 bits per heavy atom. The zero-order valence-corrected chi connectivity index (χ0v) is 7.44. The van der Waals surface area contributed by atoms with Crippen LogP contribution < -0.4 is 5.73 Å². The Bertz CT molecular complexity index is 146. The molecule has 1 radical (unpaired) electrons. The molecule has 0 aromatic heterocycles. The van der Waals surface area contributed by atoms with Crippen LogP contribution in [0, 0.1) is 5.92 Å². The van der Waals surface area contributed by atoms with Crippen LogP contribution in [0.5, 0.6) is 0 Å². The minimum absolute atomic E-state index is 0.000455. The van der Waals surface area contributed by atoms with Crippen LogP contribution in [0.2, 0.25) is 0 Å². The van der Waals surface area contributed by atoms with Gasteiger partial charge in [0.1, 0.15) is 0 Å². The fraction of sp³-hybridized carbons (Fsp3) is 0.857. The molecule has 0 fully saturated rings. The van der Waals surface area contributed by atoms with Crippen LogP contribution in [0.1, 0.15) is 20.8 Å². The summed E-state index contributed by atoms with van der Waals surface area (Å²) in [6.07, 6.45) is -3.16. The fourth-order valence-electron chi connectivity index (χ4n) is 0.410. The average Bonchev–Trinajstić information content (AvgIpc) is 1.84. The summed E-state index contributed by atoms with van der Waals surface area (Å²) < 4.78 is 8.71. The zero-order valence-electron chi connectivity index (χ0n) is 7.44. The molecule has 0 saturated carbocycles. The monoisotopic (exact) mass is 176 g/mol. The van der Waals surface area contributed by atoms with Gasteiger partial charge in [0.15, 0.2) is 6.23 Å². The molecular formula is C7H14NO4. The second kappa shape index (κ2) is 4.95. The first kappa shape index (κ1) is 11.2. The van der Waals surface area contributed by atoms with Crippen molar-refractivity contribution in [3.05, 3.63) is 0 Å². The second-order valence-electron chi connectivity index (χ2n) is 2.76. The highest BCUT2D eigenvalue weighted by molar-refractivity contribution is 5.60. The molecule has 0 aliphatic carbocycles. The molecule has 2 N–H and O–H groups in total. The molecule has 0 saturated heterocycles. The van der Waals surface area contributed by atoms with Gasteiger partial charge in [-0.05, 0) is 0 Å². The van der Waals surface area contributed by atoms with Crippen LogP contribution in [0.15, 0.2) is 0 Å². The first-order valence-electron chi connectivity index (χ1n) is 3.72. The van der Waals surface area contributed by atoms with Crippen molar-refractivity contribution in [2.45, 2.75) is 33.3 Å². The molecule has 2 atom stereocenters. The van der Waals surface area contributed by atoms with Crippen molar-refractivity contribution in [1.29, 1.82) is 0 Å². The van der Waals surface area contributed by atoms with Crippen molar-refractivity contribution in [2.24, 2.45) is 11.7 Å². The van der Waals surface area contributed by atoms with Gasteiger partial charge in [0.05, 0.1) is 0 Å². The Kier molecular flexibility index (Phi) is 4.61. The molecule has 5 nitrogen and oxygen atoms in total. The van der Waals surface area contributed by atoms with Gasteiger partial charge in [0, 0.05) is 12.8 Å². The van der Waals surface area contributed by atoms with E-state index in [2.05, 4.69) is 9.47 Å². The largest absolute Gasteiger partial charge is 0.512 e. The lowest BCUT2D eigenvalue weighted by molar-refractivity contribution is -0.114. The second-order valence-corrected chi connectivity index (χ2v) is 2.76. The normalized spacial score (nSPS) is 15.5. The number of carbonyl (C=O) groups is 1. The van der Waals surface area contributed by atoms with Crippen LogP contribution >= 0.6 is 0 Å². The van der Waals surface area contributed by atoms with E-state index in [9.17, 15) is 9.90 Å². The Balaban J connectivity index is 3.69. The smallest absolute Gasteiger partial charge is 0.415 e. The molecule has 0 aromatic carbocycles. The summed E-state index contributed by atoms with van der Waals surface area (Å²) in [5.74, 6) is -0.000455. The lowest BCUT2D eigenvalue weighted by Gasteiger charge is -2.16. The minimum Gasteiger partial charge on any atom is -0.415 e. The molecule has 12 heavy (non-hydrogen) atoms. The van der Waals surface area contributed by atoms with Gasteiger partial charge >= 0.3 is 6.16 Å². The van der Waals surface area contributed by atoms with Crippen LogP contribution in [0.25, 0.3) is 0 Å². The summed E-state index contributed by atoms with van der Waals surface area (Å²) in [6, 6.07) is 0. The van der Waals surface area contributed by atoms with E-state index in [0.717, 1.165) is 0 Å². The van der Waals surface area contributed by atoms with E-state index in [0.29, 0.717) is 0 Å². The topological polar surface area (TPSA) is 81.5 Å². The van der Waals surface area contributed by atoms with Crippen molar-refractivity contribution in [3.8, 4) is 0 Å². The van der Waals surface area contributed by atoms with Gasteiger partial charge in [-0.1, -0.05) is 13.8 Å². The Labute approximate surface area is 71.5 Å². The van der Waals surface area contributed by atoms with Crippen LogP contribution in [-0.4, -0.2) is 18.7 Å². The summed E-state index contributed by atoms with van der Waals surface area (Å²) in [4.78, 5) is 10.6. The number of carbonyl (C=O) groups excluding carboxylic acids is 1. The molecule has 0 amide bonds. The van der Waals surface area contributed by atoms with Gasteiger partial charge in [-0.25, -0.2) is 4.79 Å². The lowest BCUT2D eigenvalue weighted by Crippen LogP contribution is -2.33. The SMILES string of the molecule is CC([O])OC(=O)O[C@H](N)C(C)C. The summed E-state index contributed by atoms with van der Waals surface area (Å²) in [7, 11) is 0. The van der Waals surface area contributed by atoms with Gasteiger partial charge < -0.3 is 9.47 Å². The van der Waals surface area contributed by atoms with Gasteiger partial charge in [-0.3, -0.25) is 5.73 Å². The third-order valence-electron chi connectivity index (χ3n) is 1.15. The van der Waals surface area contributed by atoms with Crippen molar-refractivity contribution < 1.29 is 19.4 Å². The predicted molar refractivity (Wildman–Crippen MR) is 40.5 cm³/mol. The third-order valence-corrected chi connectivity index (χ3v) is 1.15. The average molecular weight is 176 g/mol. The standard InChI is InChI=1S/C7H14NO4/c1-4(2)6(8)12-7(10)11-5(3)9/h4-6H,8H2,1-3H3/t5?,6-/m0/s1. The first-order chi connectivity index (χ1) is 5.43. The molecule has 0 aliphatic heterocycles. The summed E-state index contributed by atoms with van der Waals surface area (Å²) >= 11 is 0. The number of nitrogens with two attached hydrogens (primary N) is 1. The van der Waals surface area contributed by atoms with Gasteiger partial charge in [-0.2, -0.15) is 5.11 Å². The third kappa shape index (κ3) is 4.92. The molecule has 5 heteroatoms. The van der Waals surface area contributed by atoms with Crippen LogP contribution in [0.3, 0.4) is 0 Å². The van der Waals surface area contributed by atoms with Crippen LogP contribution in [0.4, 0.5) is 4.79 Å². The molecule has 0 bridgehead atoms. The van der Waals surface area contributed by atoms with Gasteiger partial charge in [0.2, 0.25) is 6.29 Å². The number of ether oxygens (including phenoxy) is 2. The Hall–Kier alpha value is -0.810. The molecule has 0 spiro atoms. The predicted octanol–water partition coefficient (Wildman–Crippen LogP) is 0.857. The van der Waals surface area contributed by atoms with Crippen molar-refractivity contribution in [1.82, 2.24) is 0 Å². The molecule has 0 aromatic rings. The molecule has 0 aliphatic rings. The number of hydrogen-bond acceptors (Lipinski definition) is 4. The van der Waals surface area contributed by atoms with Crippen molar-refractivity contribution in [2.75, 3.05) is 0 Å². The molecule has 0 rings (SSSR count). The van der Waals surface area contributed by atoms with Gasteiger partial charge in [-0.15, -0.1) is 0 Å². The lowest BCUT2D eigenvalue weighted by atomic mass is 10.2. The quantitative estimate of drug-likeness (QED) is 0.510. The zero-order chi connectivity index (χ0) is 9.72. The number of hydrogen-bond donors (Lipinski definition) is 1. The van der Waals surface area contributed by atoms with E-state index in [1.165, 1.54) is 6.92 Å². The highest BCUT2D eigenvalue weighted by Crippen LogP contribution is 2.02. The minimum atomic E-state index is -1.42. The molecule has 0 heterocycles. The summed E-state index contributed by atoms with van der Waals surface area (Å²) in [5, 5.41) is 10.3. The Morgan fingerprint density at radius 3 is 2.08 bits per heavy atom. The van der Waals surface area contributed by atoms with Crippen LogP contribution in [-0.2, 0) is 14.6 Å². The fourth-order valence-corrected chi connectivity index (χ4v) is 0.410. The summed E-state index contributed by atoms with van der Waals surface area (Å²) in [5.41, 5.74) is 5.37. The summed E-state index contributed by atoms with van der Waals surface area (Å²) in [6.45, 7) is 4.78. The maximum Gasteiger partial charge on any atom is 0.512 e. The van der Waals surface area contributed by atoms with E-state index < -0.39 is 18.7 Å². The van der Waals surface area contributed by atoms with Gasteiger partial charge in [0.25, 0.3) is 0 Å². The molecular weight excluding hydrogens is 162 g/mol. The van der Waals surface area contributed by atoms with Crippen molar-refractivity contribution in [3.63, 3.8) is 0 Å². The van der Waals surface area contributed by atoms with E-state index in [1.807, 2.05) is 0 Å². The van der Waals surface area contributed by atoms with E-state index in [1.54, 1.807) is 13.8 Å².